The van der Waals surface area contributed by atoms with Gasteiger partial charge < -0.3 is 9.30 Å². The summed E-state index contributed by atoms with van der Waals surface area (Å²) in [5, 5.41) is 17.1. The standard InChI is InChI=1S/C14H17N5OS/c1-2-19-10-16-17-14(19)13-9-18(5-6-20-13)8-12-4-3-11(7-15)21-12/h3-4,10,13H,2,5-6,8-9H2,1H3/t13-/m1/s1. The fourth-order valence-corrected chi connectivity index (χ4v) is 3.35. The van der Waals surface area contributed by atoms with Gasteiger partial charge >= 0.3 is 0 Å². The first-order valence-electron chi connectivity index (χ1n) is 7.00. The predicted molar refractivity (Wildman–Crippen MR) is 78.7 cm³/mol. The quantitative estimate of drug-likeness (QED) is 0.861. The second kappa shape index (κ2) is 6.35. The molecule has 1 aliphatic rings. The molecule has 7 heteroatoms. The van der Waals surface area contributed by atoms with E-state index in [0.29, 0.717) is 6.61 Å². The van der Waals surface area contributed by atoms with Crippen LogP contribution < -0.4 is 0 Å². The van der Waals surface area contributed by atoms with E-state index in [9.17, 15) is 0 Å². The maximum absolute atomic E-state index is 8.89. The highest BCUT2D eigenvalue weighted by Gasteiger charge is 2.26. The smallest absolute Gasteiger partial charge is 0.163 e. The lowest BCUT2D eigenvalue weighted by atomic mass is 10.2. The van der Waals surface area contributed by atoms with Gasteiger partial charge in [0.2, 0.25) is 0 Å². The van der Waals surface area contributed by atoms with Gasteiger partial charge in [-0.05, 0) is 19.1 Å². The average molecular weight is 303 g/mol. The monoisotopic (exact) mass is 303 g/mol. The van der Waals surface area contributed by atoms with Crippen LogP contribution in [0.4, 0.5) is 0 Å². The molecule has 110 valence electrons. The Kier molecular flexibility index (Phi) is 4.29. The fourth-order valence-electron chi connectivity index (χ4n) is 2.50. The molecule has 0 aliphatic carbocycles. The van der Waals surface area contributed by atoms with Crippen molar-refractivity contribution < 1.29 is 4.74 Å². The number of nitriles is 1. The predicted octanol–water partition coefficient (Wildman–Crippen LogP) is 1.80. The molecular weight excluding hydrogens is 286 g/mol. The molecule has 6 nitrogen and oxygen atoms in total. The molecular formula is C14H17N5OS. The molecule has 3 heterocycles. The highest BCUT2D eigenvalue weighted by Crippen LogP contribution is 2.23. The average Bonchev–Trinajstić information content (AvgIpc) is 3.15. The van der Waals surface area contributed by atoms with Crippen molar-refractivity contribution in [2.24, 2.45) is 0 Å². The Labute approximate surface area is 127 Å². The van der Waals surface area contributed by atoms with E-state index in [1.165, 1.54) is 4.88 Å². The number of ether oxygens (including phenoxy) is 1. The summed E-state index contributed by atoms with van der Waals surface area (Å²) in [6.07, 6.45) is 1.72. The van der Waals surface area contributed by atoms with Crippen molar-refractivity contribution in [2.45, 2.75) is 26.1 Å². The topological polar surface area (TPSA) is 67.0 Å². The third-order valence-electron chi connectivity index (χ3n) is 3.58. The summed E-state index contributed by atoms with van der Waals surface area (Å²) in [5.41, 5.74) is 0. The number of aromatic nitrogens is 3. The van der Waals surface area contributed by atoms with E-state index < -0.39 is 0 Å². The van der Waals surface area contributed by atoms with Crippen molar-refractivity contribution in [3.8, 4) is 6.07 Å². The molecule has 0 unspecified atom stereocenters. The Hall–Kier alpha value is -1.75. The Morgan fingerprint density at radius 3 is 3.19 bits per heavy atom. The van der Waals surface area contributed by atoms with Crippen molar-refractivity contribution in [2.75, 3.05) is 19.7 Å². The number of hydrogen-bond acceptors (Lipinski definition) is 6. The summed E-state index contributed by atoms with van der Waals surface area (Å²) in [4.78, 5) is 4.32. The second-order valence-corrected chi connectivity index (χ2v) is 6.12. The third-order valence-corrected chi connectivity index (χ3v) is 4.55. The first kappa shape index (κ1) is 14.2. The van der Waals surface area contributed by atoms with E-state index in [1.807, 2.05) is 16.7 Å². The maximum atomic E-state index is 8.89. The molecule has 1 aliphatic heterocycles. The van der Waals surface area contributed by atoms with Crippen molar-refractivity contribution in [3.63, 3.8) is 0 Å². The molecule has 0 saturated carbocycles. The number of morpholine rings is 1. The Morgan fingerprint density at radius 1 is 1.52 bits per heavy atom. The zero-order chi connectivity index (χ0) is 14.7. The molecule has 0 spiro atoms. The summed E-state index contributed by atoms with van der Waals surface area (Å²) in [6.45, 7) is 6.17. The van der Waals surface area contributed by atoms with E-state index in [1.54, 1.807) is 17.7 Å². The number of hydrogen-bond donors (Lipinski definition) is 0. The summed E-state index contributed by atoms with van der Waals surface area (Å²) in [6, 6.07) is 6.10. The second-order valence-electron chi connectivity index (χ2n) is 4.95. The van der Waals surface area contributed by atoms with Gasteiger partial charge in [-0.2, -0.15) is 5.26 Å². The van der Waals surface area contributed by atoms with Gasteiger partial charge in [0.05, 0.1) is 6.61 Å². The molecule has 0 aromatic carbocycles. The van der Waals surface area contributed by atoms with Gasteiger partial charge in [-0.15, -0.1) is 21.5 Å². The third kappa shape index (κ3) is 3.13. The highest BCUT2D eigenvalue weighted by atomic mass is 32.1. The first-order valence-corrected chi connectivity index (χ1v) is 7.82. The zero-order valence-corrected chi connectivity index (χ0v) is 12.7. The summed E-state index contributed by atoms with van der Waals surface area (Å²) >= 11 is 1.56. The Bertz CT molecular complexity index is 644. The van der Waals surface area contributed by atoms with Gasteiger partial charge in [0.15, 0.2) is 5.82 Å². The Balaban J connectivity index is 1.67. The zero-order valence-electron chi connectivity index (χ0n) is 11.9. The fraction of sp³-hybridized carbons (Fsp3) is 0.500. The number of thiophene rings is 1. The van der Waals surface area contributed by atoms with Crippen LogP contribution in [0.25, 0.3) is 0 Å². The number of nitrogens with zero attached hydrogens (tertiary/aromatic N) is 5. The normalized spacial score (nSPS) is 19.5. The molecule has 1 fully saturated rings. The van der Waals surface area contributed by atoms with Gasteiger partial charge in [-0.3, -0.25) is 4.90 Å². The van der Waals surface area contributed by atoms with Crippen LogP contribution >= 0.6 is 11.3 Å². The van der Waals surface area contributed by atoms with Crippen LogP contribution in [0.2, 0.25) is 0 Å². The largest absolute Gasteiger partial charge is 0.368 e. The van der Waals surface area contributed by atoms with Gasteiger partial charge in [0, 0.05) is 31.1 Å². The minimum Gasteiger partial charge on any atom is -0.368 e. The molecule has 21 heavy (non-hydrogen) atoms. The molecule has 1 atom stereocenters. The van der Waals surface area contributed by atoms with Crippen molar-refractivity contribution in [1.82, 2.24) is 19.7 Å². The summed E-state index contributed by atoms with van der Waals surface area (Å²) in [7, 11) is 0. The molecule has 2 aromatic heterocycles. The van der Waals surface area contributed by atoms with Crippen LogP contribution in [-0.2, 0) is 17.8 Å². The molecule has 0 radical (unpaired) electrons. The van der Waals surface area contributed by atoms with E-state index in [2.05, 4.69) is 28.1 Å². The van der Waals surface area contributed by atoms with Crippen LogP contribution in [0.15, 0.2) is 18.5 Å². The lowest BCUT2D eigenvalue weighted by Crippen LogP contribution is -2.38. The number of rotatable bonds is 4. The van der Waals surface area contributed by atoms with Crippen molar-refractivity contribution in [1.29, 1.82) is 5.26 Å². The summed E-state index contributed by atoms with van der Waals surface area (Å²) < 4.78 is 7.87. The van der Waals surface area contributed by atoms with Gasteiger partial charge in [-0.1, -0.05) is 0 Å². The Morgan fingerprint density at radius 2 is 2.43 bits per heavy atom. The minimum atomic E-state index is -0.0309. The van der Waals surface area contributed by atoms with Crippen LogP contribution in [0.3, 0.4) is 0 Å². The maximum Gasteiger partial charge on any atom is 0.163 e. The lowest BCUT2D eigenvalue weighted by Gasteiger charge is -2.32. The SMILES string of the molecule is CCn1cnnc1[C@H]1CN(Cc2ccc(C#N)s2)CCO1. The summed E-state index contributed by atoms with van der Waals surface area (Å²) in [5.74, 6) is 0.895. The molecule has 1 saturated heterocycles. The first-order chi connectivity index (χ1) is 10.3. The van der Waals surface area contributed by atoms with E-state index >= 15 is 0 Å². The molecule has 0 N–H and O–H groups in total. The van der Waals surface area contributed by atoms with E-state index in [4.69, 9.17) is 10.00 Å². The van der Waals surface area contributed by atoms with Crippen molar-refractivity contribution in [3.05, 3.63) is 34.0 Å². The van der Waals surface area contributed by atoms with Crippen LogP contribution in [0, 0.1) is 11.3 Å². The van der Waals surface area contributed by atoms with E-state index in [-0.39, 0.29) is 6.10 Å². The van der Waals surface area contributed by atoms with Gasteiger partial charge in [0.25, 0.3) is 0 Å². The van der Waals surface area contributed by atoms with Crippen molar-refractivity contribution >= 4 is 11.3 Å². The van der Waals surface area contributed by atoms with Gasteiger partial charge in [-0.25, -0.2) is 0 Å². The molecule has 3 rings (SSSR count). The van der Waals surface area contributed by atoms with Crippen LogP contribution in [-0.4, -0.2) is 39.4 Å². The minimum absolute atomic E-state index is 0.0309. The molecule has 0 bridgehead atoms. The highest BCUT2D eigenvalue weighted by molar-refractivity contribution is 7.12. The van der Waals surface area contributed by atoms with Crippen LogP contribution in [0.5, 0.6) is 0 Å². The number of aryl methyl sites for hydroxylation is 1. The molecule has 0 amide bonds. The van der Waals surface area contributed by atoms with E-state index in [0.717, 1.165) is 36.9 Å². The molecule has 2 aromatic rings. The van der Waals surface area contributed by atoms with Crippen LogP contribution in [0.1, 0.15) is 28.6 Å². The lowest BCUT2D eigenvalue weighted by molar-refractivity contribution is -0.0385. The van der Waals surface area contributed by atoms with Gasteiger partial charge in [0.1, 0.15) is 23.4 Å².